The summed E-state index contributed by atoms with van der Waals surface area (Å²) in [6, 6.07) is 4.65. The molecular formula is C17H20F2N4O4. The maximum absolute atomic E-state index is 12.4. The first-order valence-corrected chi connectivity index (χ1v) is 8.34. The van der Waals surface area contributed by atoms with Crippen LogP contribution < -0.4 is 10.1 Å². The molecular weight excluding hydrogens is 362 g/mol. The number of aliphatic carboxylic acids is 1. The SMILES string of the molecule is CCCCC(NC(=O)c1nnn(-c2ccc(OC(F)F)cc2)c1C)C(=O)O. The molecule has 0 bridgehead atoms. The van der Waals surface area contributed by atoms with Crippen LogP contribution in [0.4, 0.5) is 8.78 Å². The molecule has 2 rings (SSSR count). The third-order valence-electron chi connectivity index (χ3n) is 3.87. The van der Waals surface area contributed by atoms with E-state index in [-0.39, 0.29) is 11.4 Å². The molecule has 2 aromatic rings. The first kappa shape index (κ1) is 20.3. The highest BCUT2D eigenvalue weighted by Gasteiger charge is 2.24. The molecule has 1 aromatic carbocycles. The van der Waals surface area contributed by atoms with Gasteiger partial charge < -0.3 is 15.2 Å². The van der Waals surface area contributed by atoms with Crippen molar-refractivity contribution >= 4 is 11.9 Å². The standard InChI is InChI=1S/C17H20F2N4O4/c1-3-4-5-13(16(25)26)20-15(24)14-10(2)23(22-21-14)11-6-8-12(9-7-11)27-17(18)19/h6-9,13,17H,3-5H2,1-2H3,(H,20,24)(H,25,26). The maximum Gasteiger partial charge on any atom is 0.387 e. The second kappa shape index (κ2) is 9.06. The van der Waals surface area contributed by atoms with E-state index in [0.717, 1.165) is 6.42 Å². The van der Waals surface area contributed by atoms with Crippen LogP contribution >= 0.6 is 0 Å². The average Bonchev–Trinajstić information content (AvgIpc) is 3.00. The first-order valence-electron chi connectivity index (χ1n) is 8.34. The van der Waals surface area contributed by atoms with E-state index in [1.54, 1.807) is 6.92 Å². The quantitative estimate of drug-likeness (QED) is 0.690. The number of unbranched alkanes of at least 4 members (excludes halogenated alkanes) is 1. The minimum absolute atomic E-state index is 0.00865. The lowest BCUT2D eigenvalue weighted by Crippen LogP contribution is -2.41. The summed E-state index contributed by atoms with van der Waals surface area (Å²) in [5.41, 5.74) is 0.863. The van der Waals surface area contributed by atoms with Gasteiger partial charge in [0, 0.05) is 0 Å². The number of hydrogen-bond acceptors (Lipinski definition) is 5. The maximum atomic E-state index is 12.4. The zero-order chi connectivity index (χ0) is 20.0. The zero-order valence-corrected chi connectivity index (χ0v) is 14.9. The topological polar surface area (TPSA) is 106 Å². The van der Waals surface area contributed by atoms with E-state index in [0.29, 0.717) is 24.2 Å². The minimum atomic E-state index is -2.92. The summed E-state index contributed by atoms with van der Waals surface area (Å²) in [4.78, 5) is 23.6. The van der Waals surface area contributed by atoms with Gasteiger partial charge in [0.25, 0.3) is 5.91 Å². The van der Waals surface area contributed by atoms with Crippen LogP contribution in [0.2, 0.25) is 0 Å². The number of carbonyl (C=O) groups excluding carboxylic acids is 1. The van der Waals surface area contributed by atoms with Crippen molar-refractivity contribution in [1.29, 1.82) is 0 Å². The fourth-order valence-corrected chi connectivity index (χ4v) is 2.45. The fourth-order valence-electron chi connectivity index (χ4n) is 2.45. The van der Waals surface area contributed by atoms with Crippen molar-refractivity contribution < 1.29 is 28.2 Å². The van der Waals surface area contributed by atoms with Crippen molar-refractivity contribution in [2.75, 3.05) is 0 Å². The summed E-state index contributed by atoms with van der Waals surface area (Å²) in [6.45, 7) is 0.600. The second-order valence-electron chi connectivity index (χ2n) is 5.81. The van der Waals surface area contributed by atoms with E-state index in [1.165, 1.54) is 28.9 Å². The highest BCUT2D eigenvalue weighted by Crippen LogP contribution is 2.18. The van der Waals surface area contributed by atoms with Gasteiger partial charge in [0.1, 0.15) is 11.8 Å². The second-order valence-corrected chi connectivity index (χ2v) is 5.81. The summed E-state index contributed by atoms with van der Waals surface area (Å²) in [6.07, 6.45) is 1.78. The molecule has 1 unspecified atom stereocenters. The number of carboxylic acids is 1. The van der Waals surface area contributed by atoms with Gasteiger partial charge in [-0.3, -0.25) is 4.79 Å². The van der Waals surface area contributed by atoms with E-state index in [9.17, 15) is 23.5 Å². The molecule has 1 aromatic heterocycles. The van der Waals surface area contributed by atoms with Gasteiger partial charge in [0.05, 0.1) is 11.4 Å². The molecule has 1 amide bonds. The molecule has 146 valence electrons. The highest BCUT2D eigenvalue weighted by atomic mass is 19.3. The Morgan fingerprint density at radius 2 is 1.96 bits per heavy atom. The Bertz CT molecular complexity index is 793. The average molecular weight is 382 g/mol. The van der Waals surface area contributed by atoms with Crippen molar-refractivity contribution in [3.63, 3.8) is 0 Å². The zero-order valence-electron chi connectivity index (χ0n) is 14.9. The van der Waals surface area contributed by atoms with Crippen molar-refractivity contribution in [3.05, 3.63) is 35.7 Å². The summed E-state index contributed by atoms with van der Waals surface area (Å²) in [5.74, 6) is -1.76. The molecule has 1 atom stereocenters. The smallest absolute Gasteiger partial charge is 0.387 e. The number of alkyl halides is 2. The van der Waals surface area contributed by atoms with Crippen molar-refractivity contribution in [3.8, 4) is 11.4 Å². The number of hydrogen-bond donors (Lipinski definition) is 2. The van der Waals surface area contributed by atoms with Crippen LogP contribution in [-0.2, 0) is 4.79 Å². The molecule has 10 heteroatoms. The number of aromatic nitrogens is 3. The van der Waals surface area contributed by atoms with Gasteiger partial charge in [-0.05, 0) is 37.6 Å². The number of benzene rings is 1. The molecule has 0 saturated heterocycles. The molecule has 0 aliphatic rings. The first-order chi connectivity index (χ1) is 12.8. The van der Waals surface area contributed by atoms with Crippen LogP contribution in [0.25, 0.3) is 5.69 Å². The van der Waals surface area contributed by atoms with Gasteiger partial charge in [-0.2, -0.15) is 8.78 Å². The molecule has 0 fully saturated rings. The molecule has 1 heterocycles. The normalized spacial score (nSPS) is 12.0. The van der Waals surface area contributed by atoms with Gasteiger partial charge in [0.2, 0.25) is 0 Å². The van der Waals surface area contributed by atoms with E-state index >= 15 is 0 Å². The van der Waals surface area contributed by atoms with Gasteiger partial charge in [-0.25, -0.2) is 9.48 Å². The van der Waals surface area contributed by atoms with Crippen molar-refractivity contribution in [2.24, 2.45) is 0 Å². The van der Waals surface area contributed by atoms with Crippen LogP contribution in [0, 0.1) is 6.92 Å². The monoisotopic (exact) mass is 382 g/mol. The number of halogens is 2. The predicted octanol–water partition coefficient (Wildman–Crippen LogP) is 2.55. The number of ether oxygens (including phenoxy) is 1. The predicted molar refractivity (Wildman–Crippen MR) is 91.1 cm³/mol. The third kappa shape index (κ3) is 5.22. The van der Waals surface area contributed by atoms with Gasteiger partial charge in [-0.15, -0.1) is 5.10 Å². The van der Waals surface area contributed by atoms with Crippen LogP contribution in [0.1, 0.15) is 42.4 Å². The molecule has 0 aliphatic heterocycles. The van der Waals surface area contributed by atoms with Gasteiger partial charge in [0.15, 0.2) is 5.69 Å². The van der Waals surface area contributed by atoms with Crippen molar-refractivity contribution in [1.82, 2.24) is 20.3 Å². The summed E-state index contributed by atoms with van der Waals surface area (Å²) >= 11 is 0. The number of carbonyl (C=O) groups is 2. The Morgan fingerprint density at radius 1 is 1.30 bits per heavy atom. The number of amides is 1. The van der Waals surface area contributed by atoms with Gasteiger partial charge >= 0.3 is 12.6 Å². The Labute approximate surface area is 154 Å². The Hall–Kier alpha value is -3.04. The third-order valence-corrected chi connectivity index (χ3v) is 3.87. The van der Waals surface area contributed by atoms with Crippen LogP contribution in [-0.4, -0.2) is 44.6 Å². The number of rotatable bonds is 9. The summed E-state index contributed by atoms with van der Waals surface area (Å²) in [7, 11) is 0. The van der Waals surface area contributed by atoms with E-state index in [1.807, 2.05) is 6.92 Å². The molecule has 0 spiro atoms. The molecule has 8 nitrogen and oxygen atoms in total. The van der Waals surface area contributed by atoms with E-state index < -0.39 is 24.5 Å². The fraction of sp³-hybridized carbons (Fsp3) is 0.412. The number of carboxylic acid groups (broad SMARTS) is 1. The van der Waals surface area contributed by atoms with E-state index in [2.05, 4.69) is 20.4 Å². The molecule has 0 radical (unpaired) electrons. The van der Waals surface area contributed by atoms with Crippen LogP contribution in [0.3, 0.4) is 0 Å². The summed E-state index contributed by atoms with van der Waals surface area (Å²) < 4.78 is 30.0. The van der Waals surface area contributed by atoms with Gasteiger partial charge in [-0.1, -0.05) is 25.0 Å². The lowest BCUT2D eigenvalue weighted by molar-refractivity contribution is -0.139. The lowest BCUT2D eigenvalue weighted by Gasteiger charge is -2.13. The largest absolute Gasteiger partial charge is 0.480 e. The number of nitrogens with one attached hydrogen (secondary N) is 1. The Morgan fingerprint density at radius 3 is 2.52 bits per heavy atom. The molecule has 2 N–H and O–H groups in total. The van der Waals surface area contributed by atoms with Crippen LogP contribution in [0.15, 0.2) is 24.3 Å². The summed E-state index contributed by atoms with van der Waals surface area (Å²) in [5, 5.41) is 19.4. The van der Waals surface area contributed by atoms with Crippen LogP contribution in [0.5, 0.6) is 5.75 Å². The van der Waals surface area contributed by atoms with E-state index in [4.69, 9.17) is 0 Å². The van der Waals surface area contributed by atoms with Crippen molar-refractivity contribution in [2.45, 2.75) is 45.8 Å². The Kier molecular flexibility index (Phi) is 6.80. The molecule has 0 aliphatic carbocycles. The lowest BCUT2D eigenvalue weighted by atomic mass is 10.1. The minimum Gasteiger partial charge on any atom is -0.480 e. The molecule has 0 saturated carbocycles. The Balaban J connectivity index is 2.16. The molecule has 27 heavy (non-hydrogen) atoms. The number of nitrogens with zero attached hydrogens (tertiary/aromatic N) is 3. The highest BCUT2D eigenvalue weighted by molar-refractivity contribution is 5.95.